The first-order valence-corrected chi connectivity index (χ1v) is 11.2. The second kappa shape index (κ2) is 9.14. The van der Waals surface area contributed by atoms with Gasteiger partial charge in [0.2, 0.25) is 11.8 Å². The summed E-state index contributed by atoms with van der Waals surface area (Å²) in [6.45, 7) is 5.65. The fourth-order valence-corrected chi connectivity index (χ4v) is 4.56. The highest BCUT2D eigenvalue weighted by Crippen LogP contribution is 2.39. The molecule has 3 heterocycles. The highest BCUT2D eigenvalue weighted by molar-refractivity contribution is 6.00. The topological polar surface area (TPSA) is 93.5 Å². The molecular formula is C24H30N4O4. The maximum Gasteiger partial charge on any atom is 0.239 e. The van der Waals surface area contributed by atoms with E-state index in [1.165, 1.54) is 0 Å². The fraction of sp³-hybridized carbons (Fsp3) is 0.500. The summed E-state index contributed by atoms with van der Waals surface area (Å²) in [7, 11) is 0. The number of nitrogens with zero attached hydrogens (tertiary/aromatic N) is 3. The number of ether oxygens (including phenoxy) is 1. The largest absolute Gasteiger partial charge is 0.486 e. The molecule has 0 saturated carbocycles. The van der Waals surface area contributed by atoms with E-state index in [0.29, 0.717) is 37.2 Å². The summed E-state index contributed by atoms with van der Waals surface area (Å²) in [5.41, 5.74) is 2.01. The monoisotopic (exact) mass is 438 g/mol. The molecule has 1 fully saturated rings. The van der Waals surface area contributed by atoms with Gasteiger partial charge in [-0.15, -0.1) is 0 Å². The Labute approximate surface area is 187 Å². The Kier molecular flexibility index (Phi) is 6.30. The molecule has 2 amide bonds. The van der Waals surface area contributed by atoms with Gasteiger partial charge < -0.3 is 15.0 Å². The van der Waals surface area contributed by atoms with Crippen molar-refractivity contribution in [2.75, 3.05) is 19.6 Å². The van der Waals surface area contributed by atoms with Crippen LogP contribution >= 0.6 is 0 Å². The fourth-order valence-electron chi connectivity index (χ4n) is 4.56. The van der Waals surface area contributed by atoms with Crippen molar-refractivity contribution < 1.29 is 19.1 Å². The number of carbonyl (C=O) groups excluding carboxylic acids is 3. The number of para-hydroxylation sites is 1. The molecule has 2 aromatic rings. The van der Waals surface area contributed by atoms with E-state index in [2.05, 4.69) is 10.4 Å². The predicted octanol–water partition coefficient (Wildman–Crippen LogP) is 2.42. The lowest BCUT2D eigenvalue weighted by molar-refractivity contribution is -0.135. The summed E-state index contributed by atoms with van der Waals surface area (Å²) >= 11 is 0. The Morgan fingerprint density at radius 1 is 1.22 bits per heavy atom. The Hall–Kier alpha value is -3.16. The Morgan fingerprint density at radius 3 is 2.81 bits per heavy atom. The summed E-state index contributed by atoms with van der Waals surface area (Å²) in [6, 6.07) is 9.28. The van der Waals surface area contributed by atoms with Gasteiger partial charge in [0.15, 0.2) is 5.78 Å². The van der Waals surface area contributed by atoms with E-state index in [1.807, 2.05) is 36.7 Å². The number of carbonyl (C=O) groups is 3. The first-order chi connectivity index (χ1) is 15.3. The number of fused-ring (bicyclic) bond motifs is 1. The average Bonchev–Trinajstić information content (AvgIpc) is 3.01. The molecule has 1 saturated heterocycles. The number of ketones is 1. The van der Waals surface area contributed by atoms with Gasteiger partial charge in [0.05, 0.1) is 24.2 Å². The van der Waals surface area contributed by atoms with Crippen molar-refractivity contribution >= 4 is 17.6 Å². The molecule has 0 aliphatic carbocycles. The molecule has 1 unspecified atom stereocenters. The van der Waals surface area contributed by atoms with Gasteiger partial charge in [-0.1, -0.05) is 12.1 Å². The van der Waals surface area contributed by atoms with Crippen LogP contribution in [-0.2, 0) is 16.1 Å². The van der Waals surface area contributed by atoms with Crippen molar-refractivity contribution in [2.24, 2.45) is 0 Å². The van der Waals surface area contributed by atoms with Gasteiger partial charge >= 0.3 is 0 Å². The summed E-state index contributed by atoms with van der Waals surface area (Å²) in [5, 5.41) is 7.32. The van der Waals surface area contributed by atoms with Crippen LogP contribution < -0.4 is 10.1 Å². The highest BCUT2D eigenvalue weighted by Gasteiger charge is 2.43. The van der Waals surface area contributed by atoms with E-state index in [0.717, 1.165) is 24.4 Å². The second-order valence-electron chi connectivity index (χ2n) is 8.80. The van der Waals surface area contributed by atoms with E-state index >= 15 is 0 Å². The van der Waals surface area contributed by atoms with Crippen LogP contribution in [0.5, 0.6) is 5.75 Å². The van der Waals surface area contributed by atoms with Gasteiger partial charge in [-0.3, -0.25) is 19.1 Å². The number of amides is 2. The molecule has 1 N–H and O–H groups in total. The molecule has 2 aliphatic rings. The molecule has 1 aromatic heterocycles. The van der Waals surface area contributed by atoms with Crippen molar-refractivity contribution in [3.63, 3.8) is 0 Å². The molecule has 8 heteroatoms. The van der Waals surface area contributed by atoms with Crippen LogP contribution in [0.4, 0.5) is 0 Å². The number of nitrogens with one attached hydrogen (secondary N) is 1. The Morgan fingerprint density at radius 2 is 2.03 bits per heavy atom. The molecule has 1 spiro atoms. The van der Waals surface area contributed by atoms with Gasteiger partial charge in [0, 0.05) is 38.2 Å². The van der Waals surface area contributed by atoms with Crippen LogP contribution in [0.15, 0.2) is 30.3 Å². The SMILES string of the molecule is Cc1cc(C)n(CCCNC(=O)CN2CCC3(CCC2=O)CC(=O)c2ccccc2O3)n1. The van der Waals surface area contributed by atoms with Crippen molar-refractivity contribution in [2.45, 2.75) is 58.1 Å². The summed E-state index contributed by atoms with van der Waals surface area (Å²) < 4.78 is 8.17. The Bertz CT molecular complexity index is 1030. The number of benzene rings is 1. The van der Waals surface area contributed by atoms with E-state index in [9.17, 15) is 14.4 Å². The number of hydrogen-bond acceptors (Lipinski definition) is 5. The molecule has 2 aliphatic heterocycles. The van der Waals surface area contributed by atoms with E-state index in [1.54, 1.807) is 17.0 Å². The zero-order chi connectivity index (χ0) is 22.7. The molecule has 32 heavy (non-hydrogen) atoms. The van der Waals surface area contributed by atoms with Crippen molar-refractivity contribution in [3.8, 4) is 5.75 Å². The van der Waals surface area contributed by atoms with E-state index < -0.39 is 5.60 Å². The normalized spacial score (nSPS) is 20.6. The molecule has 4 rings (SSSR count). The third-order valence-electron chi connectivity index (χ3n) is 6.29. The minimum Gasteiger partial charge on any atom is -0.486 e. The van der Waals surface area contributed by atoms with Gasteiger partial charge in [0.1, 0.15) is 11.4 Å². The summed E-state index contributed by atoms with van der Waals surface area (Å²) in [6.07, 6.45) is 2.31. The summed E-state index contributed by atoms with van der Waals surface area (Å²) in [4.78, 5) is 39.3. The van der Waals surface area contributed by atoms with Gasteiger partial charge in [-0.2, -0.15) is 5.10 Å². The smallest absolute Gasteiger partial charge is 0.239 e. The minimum absolute atomic E-state index is 0.0271. The number of aryl methyl sites for hydroxylation is 3. The lowest BCUT2D eigenvalue weighted by Gasteiger charge is -2.37. The maximum absolute atomic E-state index is 12.7. The van der Waals surface area contributed by atoms with E-state index in [-0.39, 0.29) is 37.0 Å². The van der Waals surface area contributed by atoms with Gasteiger partial charge in [0.25, 0.3) is 0 Å². The van der Waals surface area contributed by atoms with Crippen LogP contribution in [0.2, 0.25) is 0 Å². The first-order valence-electron chi connectivity index (χ1n) is 11.2. The highest BCUT2D eigenvalue weighted by atomic mass is 16.5. The van der Waals surface area contributed by atoms with Crippen molar-refractivity contribution in [1.82, 2.24) is 20.0 Å². The Balaban J connectivity index is 1.28. The van der Waals surface area contributed by atoms with Gasteiger partial charge in [-0.05, 0) is 44.9 Å². The van der Waals surface area contributed by atoms with E-state index in [4.69, 9.17) is 4.74 Å². The number of Topliss-reactive ketones (excluding diaryl/α,β-unsaturated/α-hetero) is 1. The first kappa shape index (κ1) is 22.0. The van der Waals surface area contributed by atoms with Crippen molar-refractivity contribution in [3.05, 3.63) is 47.3 Å². The van der Waals surface area contributed by atoms with Crippen LogP contribution in [-0.4, -0.2) is 57.5 Å². The van der Waals surface area contributed by atoms with Crippen LogP contribution in [0.1, 0.15) is 53.8 Å². The predicted molar refractivity (Wildman–Crippen MR) is 119 cm³/mol. The molecule has 0 bridgehead atoms. The number of hydrogen-bond donors (Lipinski definition) is 1. The lowest BCUT2D eigenvalue weighted by atomic mass is 9.84. The summed E-state index contributed by atoms with van der Waals surface area (Å²) in [5.74, 6) is 0.390. The quantitative estimate of drug-likeness (QED) is 0.699. The number of aromatic nitrogens is 2. The molecule has 8 nitrogen and oxygen atoms in total. The number of likely N-dealkylation sites (tertiary alicyclic amines) is 1. The minimum atomic E-state index is -0.675. The average molecular weight is 439 g/mol. The molecule has 1 aromatic carbocycles. The van der Waals surface area contributed by atoms with Crippen LogP contribution in [0, 0.1) is 13.8 Å². The zero-order valence-corrected chi connectivity index (χ0v) is 18.7. The molecule has 1 atom stereocenters. The van der Waals surface area contributed by atoms with Gasteiger partial charge in [-0.25, -0.2) is 0 Å². The van der Waals surface area contributed by atoms with Crippen LogP contribution in [0.25, 0.3) is 0 Å². The number of rotatable bonds is 6. The standard InChI is InChI=1S/C24H30N4O4/c1-17-14-18(2)28(26-17)12-5-11-25-22(30)16-27-13-10-24(9-8-23(27)31)15-20(29)19-6-3-4-7-21(19)32-24/h3-4,6-7,14H,5,8-13,15-16H2,1-2H3,(H,25,30). The maximum atomic E-state index is 12.7. The third-order valence-corrected chi connectivity index (χ3v) is 6.29. The third kappa shape index (κ3) is 4.84. The molecule has 170 valence electrons. The lowest BCUT2D eigenvalue weighted by Crippen LogP contribution is -2.44. The second-order valence-corrected chi connectivity index (χ2v) is 8.80. The zero-order valence-electron chi connectivity index (χ0n) is 18.7. The molecule has 0 radical (unpaired) electrons. The molecular weight excluding hydrogens is 408 g/mol. The van der Waals surface area contributed by atoms with Crippen molar-refractivity contribution in [1.29, 1.82) is 0 Å². The van der Waals surface area contributed by atoms with Crippen LogP contribution in [0.3, 0.4) is 0 Å².